The van der Waals surface area contributed by atoms with Crippen molar-refractivity contribution in [2.24, 2.45) is 0 Å². The smallest absolute Gasteiger partial charge is 0.267 e. The van der Waals surface area contributed by atoms with E-state index in [-0.39, 0.29) is 18.0 Å². The first-order valence-corrected chi connectivity index (χ1v) is 9.62. The van der Waals surface area contributed by atoms with Gasteiger partial charge in [-0.3, -0.25) is 9.59 Å². The Morgan fingerprint density at radius 3 is 2.67 bits per heavy atom. The van der Waals surface area contributed by atoms with Crippen molar-refractivity contribution in [2.75, 3.05) is 12.4 Å². The quantitative estimate of drug-likeness (QED) is 0.521. The molecule has 30 heavy (non-hydrogen) atoms. The Labute approximate surface area is 177 Å². The number of benzene rings is 3. The molecule has 0 spiro atoms. The fourth-order valence-corrected chi connectivity index (χ4v) is 3.49. The minimum absolute atomic E-state index is 0.221. The summed E-state index contributed by atoms with van der Waals surface area (Å²) in [4.78, 5) is 24.7. The minimum Gasteiger partial charge on any atom is -0.495 e. The predicted octanol–water partition coefficient (Wildman–Crippen LogP) is 4.36. The van der Waals surface area contributed by atoms with E-state index in [4.69, 9.17) is 16.3 Å². The van der Waals surface area contributed by atoms with Gasteiger partial charge in [-0.15, -0.1) is 0 Å². The zero-order valence-electron chi connectivity index (χ0n) is 16.1. The zero-order valence-corrected chi connectivity index (χ0v) is 16.9. The summed E-state index contributed by atoms with van der Waals surface area (Å²) < 4.78 is 6.25. The Kier molecular flexibility index (Phi) is 5.50. The molecule has 3 aromatic carbocycles. The zero-order chi connectivity index (χ0) is 21.1. The van der Waals surface area contributed by atoms with Crippen LogP contribution in [0.3, 0.4) is 0 Å². The maximum absolute atomic E-state index is 12.5. The second kappa shape index (κ2) is 8.39. The number of fused-ring (bicyclic) bond motifs is 1. The lowest BCUT2D eigenvalue weighted by atomic mass is 10.0. The topological polar surface area (TPSA) is 73.2 Å². The Morgan fingerprint density at radius 2 is 1.87 bits per heavy atom. The molecule has 4 rings (SSSR count). The molecule has 1 aromatic heterocycles. The molecule has 0 radical (unpaired) electrons. The Morgan fingerprint density at radius 1 is 1.07 bits per heavy atom. The van der Waals surface area contributed by atoms with E-state index < -0.39 is 0 Å². The molecule has 0 aliphatic carbocycles. The van der Waals surface area contributed by atoms with Gasteiger partial charge in [0.25, 0.3) is 5.56 Å². The van der Waals surface area contributed by atoms with Crippen LogP contribution in [0.15, 0.2) is 77.6 Å². The molecule has 4 aromatic rings. The number of hydrogen-bond acceptors (Lipinski definition) is 4. The van der Waals surface area contributed by atoms with Crippen molar-refractivity contribution in [3.63, 3.8) is 0 Å². The number of amides is 1. The van der Waals surface area contributed by atoms with E-state index in [2.05, 4.69) is 10.4 Å². The summed E-state index contributed by atoms with van der Waals surface area (Å²) in [5.74, 6) is 0.122. The lowest BCUT2D eigenvalue weighted by molar-refractivity contribution is -0.117. The highest BCUT2D eigenvalue weighted by atomic mass is 35.5. The Bertz CT molecular complexity index is 1300. The fourth-order valence-electron chi connectivity index (χ4n) is 3.24. The first-order valence-electron chi connectivity index (χ1n) is 9.25. The molecule has 1 heterocycles. The maximum atomic E-state index is 12.5. The van der Waals surface area contributed by atoms with Crippen LogP contribution < -0.4 is 15.6 Å². The van der Waals surface area contributed by atoms with Crippen LogP contribution in [0.1, 0.15) is 0 Å². The Balaban J connectivity index is 1.60. The van der Waals surface area contributed by atoms with Crippen molar-refractivity contribution in [3.8, 4) is 17.0 Å². The van der Waals surface area contributed by atoms with Crippen molar-refractivity contribution in [3.05, 3.63) is 88.2 Å². The highest BCUT2D eigenvalue weighted by molar-refractivity contribution is 6.32. The van der Waals surface area contributed by atoms with Gasteiger partial charge in [0.05, 0.1) is 17.8 Å². The maximum Gasteiger partial charge on any atom is 0.267 e. The molecular formula is C23H18ClN3O3. The largest absolute Gasteiger partial charge is 0.495 e. The van der Waals surface area contributed by atoms with Gasteiger partial charge in [-0.05, 0) is 35.0 Å². The Hall–Kier alpha value is -3.64. The summed E-state index contributed by atoms with van der Waals surface area (Å²) >= 11 is 6.09. The van der Waals surface area contributed by atoms with Crippen LogP contribution in [0, 0.1) is 0 Å². The van der Waals surface area contributed by atoms with Gasteiger partial charge in [-0.1, -0.05) is 54.1 Å². The van der Waals surface area contributed by atoms with Gasteiger partial charge in [0.15, 0.2) is 0 Å². The number of nitrogens with one attached hydrogen (secondary N) is 1. The summed E-state index contributed by atoms with van der Waals surface area (Å²) in [5.41, 5.74) is 1.65. The van der Waals surface area contributed by atoms with Crippen molar-refractivity contribution < 1.29 is 9.53 Å². The molecule has 0 fully saturated rings. The van der Waals surface area contributed by atoms with Crippen LogP contribution in [0.2, 0.25) is 5.02 Å². The van der Waals surface area contributed by atoms with Crippen molar-refractivity contribution >= 4 is 34.0 Å². The summed E-state index contributed by atoms with van der Waals surface area (Å²) in [6.07, 6.45) is 0. The standard InChI is InChI=1S/C23H18ClN3O3/c1-30-21-11-9-16(13-19(21)24)25-22(28)14-27-23(29)12-10-20(26-27)18-8-4-6-15-5-2-3-7-17(15)18/h2-13H,14H2,1H3,(H,25,28). The average Bonchev–Trinajstić information content (AvgIpc) is 2.75. The lowest BCUT2D eigenvalue weighted by Gasteiger charge is -2.11. The number of halogens is 1. The third-order valence-corrected chi connectivity index (χ3v) is 4.96. The van der Waals surface area contributed by atoms with E-state index in [0.29, 0.717) is 22.2 Å². The molecule has 1 amide bonds. The molecule has 0 aliphatic heterocycles. The van der Waals surface area contributed by atoms with E-state index in [9.17, 15) is 9.59 Å². The van der Waals surface area contributed by atoms with Gasteiger partial charge >= 0.3 is 0 Å². The van der Waals surface area contributed by atoms with Crippen LogP contribution in [0.4, 0.5) is 5.69 Å². The number of carbonyl (C=O) groups excluding carboxylic acids is 1. The van der Waals surface area contributed by atoms with Crippen LogP contribution in [0.5, 0.6) is 5.75 Å². The van der Waals surface area contributed by atoms with Gasteiger partial charge in [-0.25, -0.2) is 4.68 Å². The van der Waals surface area contributed by atoms with E-state index in [0.717, 1.165) is 21.0 Å². The number of carbonyl (C=O) groups is 1. The second-order valence-electron chi connectivity index (χ2n) is 6.64. The number of ether oxygens (including phenoxy) is 1. The molecular weight excluding hydrogens is 402 g/mol. The van der Waals surface area contributed by atoms with E-state index in [1.807, 2.05) is 42.5 Å². The van der Waals surface area contributed by atoms with Crippen LogP contribution in [-0.4, -0.2) is 22.8 Å². The molecule has 0 atom stereocenters. The lowest BCUT2D eigenvalue weighted by Crippen LogP contribution is -2.29. The summed E-state index contributed by atoms with van der Waals surface area (Å²) in [6.45, 7) is -0.221. The molecule has 1 N–H and O–H groups in total. The van der Waals surface area contributed by atoms with Crippen molar-refractivity contribution in [2.45, 2.75) is 6.54 Å². The van der Waals surface area contributed by atoms with Crippen molar-refractivity contribution in [1.82, 2.24) is 9.78 Å². The number of hydrogen-bond donors (Lipinski definition) is 1. The average molecular weight is 420 g/mol. The number of nitrogens with zero attached hydrogens (tertiary/aromatic N) is 2. The SMILES string of the molecule is COc1ccc(NC(=O)Cn2nc(-c3cccc4ccccc34)ccc2=O)cc1Cl. The van der Waals surface area contributed by atoms with Crippen LogP contribution in [0.25, 0.3) is 22.0 Å². The van der Waals surface area contributed by atoms with E-state index in [1.54, 1.807) is 24.3 Å². The number of methoxy groups -OCH3 is 1. The molecule has 0 bridgehead atoms. The molecule has 150 valence electrons. The highest BCUT2D eigenvalue weighted by Crippen LogP contribution is 2.28. The van der Waals surface area contributed by atoms with Gasteiger partial charge < -0.3 is 10.1 Å². The van der Waals surface area contributed by atoms with Crippen LogP contribution >= 0.6 is 11.6 Å². The second-order valence-corrected chi connectivity index (χ2v) is 7.05. The fraction of sp³-hybridized carbons (Fsp3) is 0.0870. The van der Waals surface area contributed by atoms with Crippen molar-refractivity contribution in [1.29, 1.82) is 0 Å². The number of rotatable bonds is 5. The third kappa shape index (κ3) is 4.04. The van der Waals surface area contributed by atoms with Gasteiger partial charge in [0, 0.05) is 17.3 Å². The van der Waals surface area contributed by atoms with Gasteiger partial charge in [0.2, 0.25) is 5.91 Å². The van der Waals surface area contributed by atoms with Gasteiger partial charge in [0.1, 0.15) is 12.3 Å². The highest BCUT2D eigenvalue weighted by Gasteiger charge is 2.11. The summed E-state index contributed by atoms with van der Waals surface area (Å²) in [7, 11) is 1.51. The van der Waals surface area contributed by atoms with Gasteiger partial charge in [-0.2, -0.15) is 5.10 Å². The predicted molar refractivity (Wildman–Crippen MR) is 118 cm³/mol. The third-order valence-electron chi connectivity index (χ3n) is 4.66. The first kappa shape index (κ1) is 19.7. The monoisotopic (exact) mass is 419 g/mol. The molecule has 6 nitrogen and oxygen atoms in total. The molecule has 0 saturated carbocycles. The normalized spacial score (nSPS) is 10.7. The summed E-state index contributed by atoms with van der Waals surface area (Å²) in [5, 5.41) is 9.61. The number of anilines is 1. The molecule has 0 saturated heterocycles. The minimum atomic E-state index is -0.388. The van der Waals surface area contributed by atoms with E-state index in [1.165, 1.54) is 13.2 Å². The molecule has 0 aliphatic rings. The molecule has 7 heteroatoms. The first-order chi connectivity index (χ1) is 14.5. The summed E-state index contributed by atoms with van der Waals surface area (Å²) in [6, 6.07) is 21.8. The van der Waals surface area contributed by atoms with E-state index >= 15 is 0 Å². The number of aromatic nitrogens is 2. The molecule has 0 unspecified atom stereocenters. The van der Waals surface area contributed by atoms with Crippen LogP contribution in [-0.2, 0) is 11.3 Å².